The highest BCUT2D eigenvalue weighted by Gasteiger charge is 2.34. The first-order valence-corrected chi connectivity index (χ1v) is 12.4. The van der Waals surface area contributed by atoms with E-state index in [-0.39, 0.29) is 11.9 Å². The minimum atomic E-state index is -4.41. The van der Waals surface area contributed by atoms with Crippen LogP contribution in [-0.2, 0) is 6.18 Å². The van der Waals surface area contributed by atoms with Gasteiger partial charge in [-0.05, 0) is 85.1 Å². The Labute approximate surface area is 195 Å². The molecule has 2 aromatic rings. The maximum absolute atomic E-state index is 14.0. The van der Waals surface area contributed by atoms with E-state index in [0.29, 0.717) is 11.5 Å². The van der Waals surface area contributed by atoms with Crippen molar-refractivity contribution in [1.82, 2.24) is 4.90 Å². The van der Waals surface area contributed by atoms with Gasteiger partial charge in [0.1, 0.15) is 5.82 Å². The van der Waals surface area contributed by atoms with Gasteiger partial charge >= 0.3 is 6.18 Å². The number of aliphatic hydroxyl groups excluding tert-OH is 1. The standard InChI is InChI=1S/C26H27F4NOS/c27-19-5-6-21-24(14-19)33-23-7-4-18(26(28,29)30)13-22(23)25(21)17-8-10-31(11-9-17)15-16-2-1-3-20(32)12-16/h4-7,13-14,16,20,32H,1-3,8-12,15H2. The van der Waals surface area contributed by atoms with Crippen molar-refractivity contribution < 1.29 is 22.7 Å². The fraction of sp³-hybridized carbons (Fsp3) is 0.462. The summed E-state index contributed by atoms with van der Waals surface area (Å²) >= 11 is 1.33. The monoisotopic (exact) mass is 477 g/mol. The van der Waals surface area contributed by atoms with E-state index < -0.39 is 11.7 Å². The molecule has 2 nitrogen and oxygen atoms in total. The van der Waals surface area contributed by atoms with Crippen LogP contribution < -0.4 is 0 Å². The zero-order valence-corrected chi connectivity index (χ0v) is 19.1. The summed E-state index contributed by atoms with van der Waals surface area (Å²) in [6, 6.07) is 8.46. The number of halogens is 4. The molecule has 1 saturated heterocycles. The minimum absolute atomic E-state index is 0.192. The van der Waals surface area contributed by atoms with Crippen LogP contribution in [0.1, 0.15) is 55.2 Å². The van der Waals surface area contributed by atoms with Crippen LogP contribution >= 0.6 is 11.8 Å². The van der Waals surface area contributed by atoms with E-state index in [2.05, 4.69) is 4.90 Å². The van der Waals surface area contributed by atoms with E-state index in [1.807, 2.05) is 0 Å². The molecule has 5 rings (SSSR count). The van der Waals surface area contributed by atoms with Gasteiger partial charge in [-0.25, -0.2) is 4.39 Å². The second-order valence-electron chi connectivity index (χ2n) is 9.42. The first kappa shape index (κ1) is 22.9. The molecule has 0 aromatic heterocycles. The lowest BCUT2D eigenvalue weighted by atomic mass is 9.85. The van der Waals surface area contributed by atoms with Crippen LogP contribution in [-0.4, -0.2) is 35.7 Å². The number of likely N-dealkylation sites (tertiary alicyclic amines) is 1. The van der Waals surface area contributed by atoms with Gasteiger partial charge in [-0.15, -0.1) is 0 Å². The topological polar surface area (TPSA) is 23.5 Å². The fourth-order valence-electron chi connectivity index (χ4n) is 5.47. The van der Waals surface area contributed by atoms with E-state index in [1.54, 1.807) is 6.07 Å². The zero-order chi connectivity index (χ0) is 23.2. The molecule has 0 radical (unpaired) electrons. The van der Waals surface area contributed by atoms with Crippen molar-refractivity contribution >= 4 is 17.3 Å². The molecule has 33 heavy (non-hydrogen) atoms. The van der Waals surface area contributed by atoms with Crippen molar-refractivity contribution in [3.8, 4) is 0 Å². The molecule has 2 heterocycles. The summed E-state index contributed by atoms with van der Waals surface area (Å²) in [5.41, 5.74) is 2.76. The van der Waals surface area contributed by atoms with Crippen molar-refractivity contribution in [2.24, 2.45) is 5.92 Å². The Morgan fingerprint density at radius 2 is 1.76 bits per heavy atom. The molecule has 0 bridgehead atoms. The highest BCUT2D eigenvalue weighted by atomic mass is 32.2. The summed E-state index contributed by atoms with van der Waals surface area (Å²) in [6.45, 7) is 2.67. The Morgan fingerprint density at radius 1 is 0.970 bits per heavy atom. The van der Waals surface area contributed by atoms with Gasteiger partial charge in [-0.3, -0.25) is 0 Å². The number of hydrogen-bond donors (Lipinski definition) is 1. The van der Waals surface area contributed by atoms with Gasteiger partial charge in [0.05, 0.1) is 11.7 Å². The fourth-order valence-corrected chi connectivity index (χ4v) is 6.57. The van der Waals surface area contributed by atoms with Crippen LogP contribution in [0, 0.1) is 11.7 Å². The molecule has 1 aliphatic carbocycles. The molecule has 2 aliphatic heterocycles. The van der Waals surface area contributed by atoms with Gasteiger partial charge in [0, 0.05) is 29.4 Å². The summed E-state index contributed by atoms with van der Waals surface area (Å²) < 4.78 is 54.4. The highest BCUT2D eigenvalue weighted by molar-refractivity contribution is 7.99. The molecule has 0 amide bonds. The van der Waals surface area contributed by atoms with Crippen molar-refractivity contribution in [1.29, 1.82) is 0 Å². The lowest BCUT2D eigenvalue weighted by Crippen LogP contribution is -2.37. The quantitative estimate of drug-likeness (QED) is 0.413. The summed E-state index contributed by atoms with van der Waals surface area (Å²) in [4.78, 5) is 3.91. The Bertz CT molecular complexity index is 1070. The molecule has 2 unspecified atom stereocenters. The van der Waals surface area contributed by atoms with Crippen molar-refractivity contribution in [2.75, 3.05) is 19.6 Å². The minimum Gasteiger partial charge on any atom is -0.393 e. The van der Waals surface area contributed by atoms with Crippen LogP contribution in [0.2, 0.25) is 0 Å². The molecule has 3 aliphatic rings. The molecule has 0 spiro atoms. The number of aliphatic hydroxyl groups is 1. The molecule has 176 valence electrons. The lowest BCUT2D eigenvalue weighted by molar-refractivity contribution is -0.137. The first-order chi connectivity index (χ1) is 15.8. The Hall–Kier alpha value is -1.83. The molecule has 2 aromatic carbocycles. The molecule has 7 heteroatoms. The third kappa shape index (κ3) is 4.86. The lowest BCUT2D eigenvalue weighted by Gasteiger charge is -2.36. The van der Waals surface area contributed by atoms with E-state index in [4.69, 9.17) is 0 Å². The molecule has 1 saturated carbocycles. The van der Waals surface area contributed by atoms with E-state index >= 15 is 0 Å². The van der Waals surface area contributed by atoms with E-state index in [0.717, 1.165) is 90.7 Å². The molecular formula is C26H27F4NOS. The Kier molecular flexibility index (Phi) is 6.31. The number of hydrogen-bond acceptors (Lipinski definition) is 3. The molecule has 2 fully saturated rings. The molecule has 2 atom stereocenters. The maximum Gasteiger partial charge on any atom is 0.416 e. The van der Waals surface area contributed by atoms with E-state index in [9.17, 15) is 22.7 Å². The summed E-state index contributed by atoms with van der Waals surface area (Å²) in [7, 11) is 0. The second kappa shape index (κ2) is 9.08. The second-order valence-corrected chi connectivity index (χ2v) is 10.5. The van der Waals surface area contributed by atoms with E-state index in [1.165, 1.54) is 36.0 Å². The van der Waals surface area contributed by atoms with Crippen LogP contribution in [0.4, 0.5) is 17.6 Å². The molecule has 1 N–H and O–H groups in total. The Balaban J connectivity index is 1.46. The van der Waals surface area contributed by atoms with Gasteiger partial charge < -0.3 is 10.0 Å². The van der Waals surface area contributed by atoms with Gasteiger partial charge in [-0.1, -0.05) is 29.8 Å². The SMILES string of the molecule is OC1CCCC(CN2CCC(=C3c4ccc(F)cc4Sc4ccc(C(F)(F)F)cc43)CC2)C1. The predicted octanol–water partition coefficient (Wildman–Crippen LogP) is 6.76. The number of nitrogens with zero attached hydrogens (tertiary/aromatic N) is 1. The highest BCUT2D eigenvalue weighted by Crippen LogP contribution is 2.49. The van der Waals surface area contributed by atoms with Crippen LogP contribution in [0.25, 0.3) is 5.57 Å². The smallest absolute Gasteiger partial charge is 0.393 e. The average molecular weight is 478 g/mol. The third-order valence-corrected chi connectivity index (χ3v) is 8.23. The number of alkyl halides is 3. The van der Waals surface area contributed by atoms with Crippen molar-refractivity contribution in [3.05, 3.63) is 64.5 Å². The number of rotatable bonds is 2. The largest absolute Gasteiger partial charge is 0.416 e. The van der Waals surface area contributed by atoms with Crippen LogP contribution in [0.5, 0.6) is 0 Å². The van der Waals surface area contributed by atoms with Gasteiger partial charge in [0.2, 0.25) is 0 Å². The van der Waals surface area contributed by atoms with Gasteiger partial charge in [0.15, 0.2) is 0 Å². The third-order valence-electron chi connectivity index (χ3n) is 7.09. The van der Waals surface area contributed by atoms with Crippen molar-refractivity contribution in [3.63, 3.8) is 0 Å². The van der Waals surface area contributed by atoms with Gasteiger partial charge in [-0.2, -0.15) is 13.2 Å². The maximum atomic E-state index is 14.0. The molecular weight excluding hydrogens is 450 g/mol. The summed E-state index contributed by atoms with van der Waals surface area (Å²) in [5.74, 6) is 0.165. The average Bonchev–Trinajstić information content (AvgIpc) is 2.77. The normalized spacial score (nSPS) is 23.9. The Morgan fingerprint density at radius 3 is 2.48 bits per heavy atom. The summed E-state index contributed by atoms with van der Waals surface area (Å²) in [5, 5.41) is 9.97. The van der Waals surface area contributed by atoms with Crippen LogP contribution in [0.3, 0.4) is 0 Å². The van der Waals surface area contributed by atoms with Crippen molar-refractivity contribution in [2.45, 2.75) is 60.6 Å². The number of piperidine rings is 1. The summed E-state index contributed by atoms with van der Waals surface area (Å²) in [6.07, 6.45) is 0.917. The number of fused-ring (bicyclic) bond motifs is 2. The van der Waals surface area contributed by atoms with Crippen LogP contribution in [0.15, 0.2) is 51.8 Å². The van der Waals surface area contributed by atoms with Gasteiger partial charge in [0.25, 0.3) is 0 Å². The number of benzene rings is 2. The zero-order valence-electron chi connectivity index (χ0n) is 18.3. The first-order valence-electron chi connectivity index (χ1n) is 11.6. The predicted molar refractivity (Wildman–Crippen MR) is 122 cm³/mol.